The van der Waals surface area contributed by atoms with E-state index in [1.807, 2.05) is 67.6 Å². The molecule has 0 saturated heterocycles. The second-order valence-electron chi connectivity index (χ2n) is 9.77. The number of hydrogen-bond acceptors (Lipinski definition) is 5. The summed E-state index contributed by atoms with van der Waals surface area (Å²) in [5, 5.41) is 3.27. The van der Waals surface area contributed by atoms with Gasteiger partial charge >= 0.3 is 0 Å². The lowest BCUT2D eigenvalue weighted by Crippen LogP contribution is -2.53. The number of likely N-dealkylation sites (N-methyl/N-ethyl adjacent to an activating group) is 1. The molecule has 4 aromatic carbocycles. The van der Waals surface area contributed by atoms with Crippen LogP contribution in [0, 0.1) is 0 Å². The Bertz CT molecular complexity index is 1600. The molecule has 0 aliphatic carbocycles. The van der Waals surface area contributed by atoms with Crippen molar-refractivity contribution in [1.29, 1.82) is 0 Å². The maximum Gasteiger partial charge on any atom is 0.264 e. The van der Waals surface area contributed by atoms with Crippen molar-refractivity contribution in [2.24, 2.45) is 0 Å². The first-order valence-electron chi connectivity index (χ1n) is 13.8. The molecule has 4 rings (SSSR count). The minimum Gasteiger partial charge on any atom is -0.497 e. The van der Waals surface area contributed by atoms with Crippen molar-refractivity contribution < 1.29 is 22.7 Å². The van der Waals surface area contributed by atoms with E-state index < -0.39 is 28.5 Å². The first kappa shape index (κ1) is 31.6. The molecule has 0 radical (unpaired) electrons. The summed E-state index contributed by atoms with van der Waals surface area (Å²) in [4.78, 5) is 29.2. The highest BCUT2D eigenvalue weighted by molar-refractivity contribution is 7.92. The zero-order valence-electron chi connectivity index (χ0n) is 24.0. The van der Waals surface area contributed by atoms with Crippen LogP contribution in [0.15, 0.2) is 114 Å². The van der Waals surface area contributed by atoms with E-state index in [2.05, 4.69) is 5.32 Å². The molecule has 0 heterocycles. The van der Waals surface area contributed by atoms with Crippen molar-refractivity contribution in [2.75, 3.05) is 24.5 Å². The van der Waals surface area contributed by atoms with Crippen LogP contribution in [0.4, 0.5) is 5.69 Å². The number of halogens is 1. The van der Waals surface area contributed by atoms with Gasteiger partial charge in [0.2, 0.25) is 11.8 Å². The number of benzene rings is 4. The maximum atomic E-state index is 14.3. The fourth-order valence-electron chi connectivity index (χ4n) is 4.64. The molecule has 1 N–H and O–H groups in total. The summed E-state index contributed by atoms with van der Waals surface area (Å²) in [5.41, 5.74) is 1.92. The zero-order chi connectivity index (χ0) is 30.8. The van der Waals surface area contributed by atoms with Gasteiger partial charge in [0.1, 0.15) is 18.3 Å². The Morgan fingerprint density at radius 3 is 1.98 bits per heavy atom. The Kier molecular flexibility index (Phi) is 10.8. The molecule has 2 amide bonds. The lowest BCUT2D eigenvalue weighted by molar-refractivity contribution is -0.140. The van der Waals surface area contributed by atoms with Gasteiger partial charge in [-0.3, -0.25) is 13.9 Å². The van der Waals surface area contributed by atoms with Crippen molar-refractivity contribution in [3.05, 3.63) is 125 Å². The summed E-state index contributed by atoms with van der Waals surface area (Å²) in [6.45, 7) is 1.74. The Balaban J connectivity index is 1.77. The van der Waals surface area contributed by atoms with Crippen LogP contribution in [-0.2, 0) is 32.6 Å². The van der Waals surface area contributed by atoms with Crippen LogP contribution in [0.5, 0.6) is 5.75 Å². The van der Waals surface area contributed by atoms with E-state index in [4.69, 9.17) is 16.3 Å². The third-order valence-corrected chi connectivity index (χ3v) is 8.90. The quantitative estimate of drug-likeness (QED) is 0.219. The van der Waals surface area contributed by atoms with Crippen LogP contribution < -0.4 is 14.4 Å². The standard InChI is InChI=1S/C33H34ClN3O5S/c1-3-35-33(39)31(22-25-10-6-4-7-11-25)36(23-26-12-8-5-9-13-26)32(38)24-37(28-16-14-27(34)15-17-28)43(40,41)30-20-18-29(42-2)19-21-30/h4-21,31H,3,22-24H2,1-2H3,(H,35,39)/t31-/m0/s1. The highest BCUT2D eigenvalue weighted by atomic mass is 35.5. The van der Waals surface area contributed by atoms with Crippen molar-refractivity contribution >= 4 is 39.1 Å². The first-order valence-corrected chi connectivity index (χ1v) is 15.6. The third-order valence-electron chi connectivity index (χ3n) is 6.86. The average molecular weight is 620 g/mol. The van der Waals surface area contributed by atoms with Gasteiger partial charge in [-0.2, -0.15) is 0 Å². The number of sulfonamides is 1. The number of ether oxygens (including phenoxy) is 1. The lowest BCUT2D eigenvalue weighted by atomic mass is 10.0. The topological polar surface area (TPSA) is 96.0 Å². The van der Waals surface area contributed by atoms with Crippen molar-refractivity contribution in [3.63, 3.8) is 0 Å². The second kappa shape index (κ2) is 14.7. The number of hydrogen-bond donors (Lipinski definition) is 1. The number of carbonyl (C=O) groups is 2. The second-order valence-corrected chi connectivity index (χ2v) is 12.1. The number of methoxy groups -OCH3 is 1. The highest BCUT2D eigenvalue weighted by Crippen LogP contribution is 2.27. The Morgan fingerprint density at radius 1 is 0.837 bits per heavy atom. The molecular formula is C33H34ClN3O5S. The van der Waals surface area contributed by atoms with Crippen molar-refractivity contribution in [1.82, 2.24) is 10.2 Å². The van der Waals surface area contributed by atoms with Gasteiger partial charge in [0.25, 0.3) is 10.0 Å². The van der Waals surface area contributed by atoms with Gasteiger partial charge in [0, 0.05) is 24.5 Å². The van der Waals surface area contributed by atoms with Crippen LogP contribution in [-0.4, -0.2) is 51.4 Å². The molecule has 224 valence electrons. The maximum absolute atomic E-state index is 14.3. The number of rotatable bonds is 13. The van der Waals surface area contributed by atoms with E-state index >= 15 is 0 Å². The number of nitrogens with zero attached hydrogens (tertiary/aromatic N) is 2. The Labute approximate surface area is 257 Å². The van der Waals surface area contributed by atoms with Gasteiger partial charge in [0.15, 0.2) is 0 Å². The molecule has 4 aromatic rings. The number of carbonyl (C=O) groups excluding carboxylic acids is 2. The van der Waals surface area contributed by atoms with E-state index in [1.165, 1.54) is 24.1 Å². The molecule has 1 atom stereocenters. The number of anilines is 1. The van der Waals surface area contributed by atoms with Crippen LogP contribution in [0.1, 0.15) is 18.1 Å². The van der Waals surface area contributed by atoms with Crippen molar-refractivity contribution in [3.8, 4) is 5.75 Å². The summed E-state index contributed by atoms with van der Waals surface area (Å²) in [6, 6.07) is 30.0. The molecule has 43 heavy (non-hydrogen) atoms. The first-order chi connectivity index (χ1) is 20.7. The SMILES string of the molecule is CCNC(=O)[C@H](Cc1ccccc1)N(Cc1ccccc1)C(=O)CN(c1ccc(Cl)cc1)S(=O)(=O)c1ccc(OC)cc1. The average Bonchev–Trinajstić information content (AvgIpc) is 3.03. The molecule has 0 saturated carbocycles. The molecule has 0 bridgehead atoms. The molecule has 8 nitrogen and oxygen atoms in total. The van der Waals surface area contributed by atoms with E-state index in [-0.39, 0.29) is 29.5 Å². The van der Waals surface area contributed by atoms with Gasteiger partial charge in [-0.25, -0.2) is 8.42 Å². The number of amides is 2. The van der Waals surface area contributed by atoms with Crippen molar-refractivity contribution in [2.45, 2.75) is 30.8 Å². The van der Waals surface area contributed by atoms with E-state index in [0.29, 0.717) is 17.3 Å². The minimum atomic E-state index is -4.22. The molecule has 0 spiro atoms. The molecule has 0 fully saturated rings. The minimum absolute atomic E-state index is 0.0183. The molecular weight excluding hydrogens is 586 g/mol. The predicted octanol–water partition coefficient (Wildman–Crippen LogP) is 5.32. The molecule has 0 aliphatic rings. The fraction of sp³-hybridized carbons (Fsp3) is 0.212. The third kappa shape index (κ3) is 8.15. The summed E-state index contributed by atoms with van der Waals surface area (Å²) < 4.78 is 34.3. The summed E-state index contributed by atoms with van der Waals surface area (Å²) in [6.07, 6.45) is 0.247. The summed E-state index contributed by atoms with van der Waals surface area (Å²) >= 11 is 6.11. The van der Waals surface area contributed by atoms with Gasteiger partial charge in [-0.15, -0.1) is 0 Å². The van der Waals surface area contributed by atoms with E-state index in [9.17, 15) is 18.0 Å². The van der Waals surface area contributed by atoms with Gasteiger partial charge in [0.05, 0.1) is 17.7 Å². The summed E-state index contributed by atoms with van der Waals surface area (Å²) in [7, 11) is -2.73. The molecule has 0 aliphatic heterocycles. The summed E-state index contributed by atoms with van der Waals surface area (Å²) in [5.74, 6) is -0.373. The van der Waals surface area contributed by atoms with Gasteiger partial charge in [-0.05, 0) is 66.6 Å². The Hall–Kier alpha value is -4.34. The zero-order valence-corrected chi connectivity index (χ0v) is 25.6. The van der Waals surface area contributed by atoms with Crippen LogP contribution in [0.2, 0.25) is 5.02 Å². The molecule has 0 aromatic heterocycles. The van der Waals surface area contributed by atoms with Gasteiger partial charge in [-0.1, -0.05) is 72.3 Å². The molecule has 0 unspecified atom stereocenters. The molecule has 10 heteroatoms. The van der Waals surface area contributed by atoms with Crippen LogP contribution in [0.3, 0.4) is 0 Å². The highest BCUT2D eigenvalue weighted by Gasteiger charge is 2.34. The van der Waals surface area contributed by atoms with Gasteiger partial charge < -0.3 is 15.0 Å². The normalized spacial score (nSPS) is 11.8. The smallest absolute Gasteiger partial charge is 0.264 e. The predicted molar refractivity (Wildman–Crippen MR) is 169 cm³/mol. The van der Waals surface area contributed by atoms with E-state index in [0.717, 1.165) is 15.4 Å². The fourth-order valence-corrected chi connectivity index (χ4v) is 6.18. The van der Waals surface area contributed by atoms with E-state index in [1.54, 1.807) is 36.4 Å². The lowest BCUT2D eigenvalue weighted by Gasteiger charge is -2.33. The number of nitrogens with one attached hydrogen (secondary N) is 1. The monoisotopic (exact) mass is 619 g/mol. The van der Waals surface area contributed by atoms with Crippen LogP contribution >= 0.6 is 11.6 Å². The largest absolute Gasteiger partial charge is 0.497 e. The van der Waals surface area contributed by atoms with Crippen LogP contribution in [0.25, 0.3) is 0 Å². The Morgan fingerprint density at radius 2 is 1.42 bits per heavy atom.